The second-order valence-electron chi connectivity index (χ2n) is 4.77. The summed E-state index contributed by atoms with van der Waals surface area (Å²) in [5, 5.41) is 14.6. The number of thiophene rings is 1. The van der Waals surface area contributed by atoms with Crippen molar-refractivity contribution in [1.82, 2.24) is 0 Å². The minimum Gasteiger partial charge on any atom is -0.493 e. The Morgan fingerprint density at radius 1 is 1.20 bits per heavy atom. The molecule has 1 atom stereocenters. The molecular weight excluding hydrogens is 340 g/mol. The Hall–Kier alpha value is -1.04. The molecule has 1 unspecified atom stereocenters. The number of aliphatic hydroxyl groups is 1. The second-order valence-corrected chi connectivity index (χ2v) is 6.37. The van der Waals surface area contributed by atoms with E-state index in [2.05, 4.69) is 15.9 Å². The lowest BCUT2D eigenvalue weighted by Crippen LogP contribution is -2.24. The molecule has 0 spiro atoms. The van der Waals surface area contributed by atoms with E-state index in [1.807, 2.05) is 35.9 Å². The van der Waals surface area contributed by atoms with Crippen molar-refractivity contribution in [2.24, 2.45) is 0 Å². The third kappa shape index (κ3) is 3.16. The van der Waals surface area contributed by atoms with Gasteiger partial charge < -0.3 is 14.6 Å². The number of ether oxygens (including phenoxy) is 2. The van der Waals surface area contributed by atoms with E-state index in [0.29, 0.717) is 17.9 Å². The van der Waals surface area contributed by atoms with Gasteiger partial charge in [-0.1, -0.05) is 6.07 Å². The first-order chi connectivity index (χ1) is 9.47. The third-order valence-corrected chi connectivity index (χ3v) is 4.89. The van der Waals surface area contributed by atoms with Crippen LogP contribution in [0.2, 0.25) is 0 Å². The standard InChI is InChI=1S/C15H17BrO3S/c1-15(17,11-8-20-9-12(11)16)7-10-4-5-13(18-2)14(6-10)19-3/h4-6,8-9,17H,7H2,1-3H3. The first-order valence-electron chi connectivity index (χ1n) is 6.13. The maximum Gasteiger partial charge on any atom is 0.160 e. The van der Waals surface area contributed by atoms with Crippen LogP contribution in [0.15, 0.2) is 33.4 Å². The van der Waals surface area contributed by atoms with Gasteiger partial charge in [0.15, 0.2) is 11.5 Å². The van der Waals surface area contributed by atoms with Gasteiger partial charge in [0.2, 0.25) is 0 Å². The van der Waals surface area contributed by atoms with Crippen molar-refractivity contribution in [2.45, 2.75) is 18.9 Å². The van der Waals surface area contributed by atoms with Crippen LogP contribution in [0.5, 0.6) is 11.5 Å². The molecule has 1 N–H and O–H groups in total. The normalized spacial score (nSPS) is 13.8. The Morgan fingerprint density at radius 2 is 1.90 bits per heavy atom. The van der Waals surface area contributed by atoms with Crippen LogP contribution in [0.25, 0.3) is 0 Å². The monoisotopic (exact) mass is 356 g/mol. The van der Waals surface area contributed by atoms with Crippen LogP contribution in [-0.2, 0) is 12.0 Å². The van der Waals surface area contributed by atoms with Gasteiger partial charge >= 0.3 is 0 Å². The van der Waals surface area contributed by atoms with E-state index in [0.717, 1.165) is 15.6 Å². The minimum absolute atomic E-state index is 0.503. The van der Waals surface area contributed by atoms with E-state index in [1.54, 1.807) is 25.6 Å². The third-order valence-electron chi connectivity index (χ3n) is 3.19. The summed E-state index contributed by atoms with van der Waals surface area (Å²) >= 11 is 5.04. The highest BCUT2D eigenvalue weighted by Gasteiger charge is 2.27. The molecule has 0 saturated carbocycles. The number of halogens is 1. The predicted octanol–water partition coefficient (Wildman–Crippen LogP) is 3.98. The van der Waals surface area contributed by atoms with Crippen LogP contribution in [0.4, 0.5) is 0 Å². The van der Waals surface area contributed by atoms with E-state index in [4.69, 9.17) is 9.47 Å². The molecule has 0 amide bonds. The molecule has 0 fully saturated rings. The quantitative estimate of drug-likeness (QED) is 0.880. The molecule has 2 aromatic rings. The summed E-state index contributed by atoms with van der Waals surface area (Å²) in [6, 6.07) is 5.69. The number of benzene rings is 1. The zero-order chi connectivity index (χ0) is 14.8. The molecule has 0 aliphatic carbocycles. The molecule has 0 saturated heterocycles. The molecule has 1 aromatic heterocycles. The summed E-state index contributed by atoms with van der Waals surface area (Å²) < 4.78 is 11.4. The van der Waals surface area contributed by atoms with Crippen molar-refractivity contribution in [1.29, 1.82) is 0 Å². The van der Waals surface area contributed by atoms with Crippen molar-refractivity contribution in [3.05, 3.63) is 44.6 Å². The van der Waals surface area contributed by atoms with Gasteiger partial charge in [0, 0.05) is 21.8 Å². The molecule has 5 heteroatoms. The van der Waals surface area contributed by atoms with Crippen LogP contribution in [0, 0.1) is 0 Å². The predicted molar refractivity (Wildman–Crippen MR) is 84.8 cm³/mol. The van der Waals surface area contributed by atoms with Crippen molar-refractivity contribution < 1.29 is 14.6 Å². The lowest BCUT2D eigenvalue weighted by atomic mass is 9.91. The molecule has 3 nitrogen and oxygen atoms in total. The average molecular weight is 357 g/mol. The van der Waals surface area contributed by atoms with E-state index in [1.165, 1.54) is 0 Å². The summed E-state index contributed by atoms with van der Waals surface area (Å²) in [6.07, 6.45) is 0.503. The van der Waals surface area contributed by atoms with E-state index in [-0.39, 0.29) is 0 Å². The van der Waals surface area contributed by atoms with Gasteiger partial charge in [-0.25, -0.2) is 0 Å². The molecular formula is C15H17BrO3S. The summed E-state index contributed by atoms with van der Waals surface area (Å²) in [7, 11) is 3.21. The number of methoxy groups -OCH3 is 2. The summed E-state index contributed by atoms with van der Waals surface area (Å²) in [5.74, 6) is 1.36. The topological polar surface area (TPSA) is 38.7 Å². The fraction of sp³-hybridized carbons (Fsp3) is 0.333. The van der Waals surface area contributed by atoms with Crippen LogP contribution in [0.1, 0.15) is 18.1 Å². The molecule has 0 aliphatic heterocycles. The fourth-order valence-corrected chi connectivity index (χ4v) is 4.00. The van der Waals surface area contributed by atoms with Gasteiger partial charge in [-0.2, -0.15) is 11.3 Å². The summed E-state index contributed by atoms with van der Waals surface area (Å²) in [6.45, 7) is 1.82. The minimum atomic E-state index is -0.932. The molecule has 0 bridgehead atoms. The molecule has 1 aromatic carbocycles. The first-order valence-corrected chi connectivity index (χ1v) is 7.87. The van der Waals surface area contributed by atoms with Gasteiger partial charge in [-0.3, -0.25) is 0 Å². The van der Waals surface area contributed by atoms with E-state index < -0.39 is 5.60 Å². The van der Waals surface area contributed by atoms with E-state index in [9.17, 15) is 5.11 Å². The van der Waals surface area contributed by atoms with Crippen molar-refractivity contribution in [3.8, 4) is 11.5 Å². The maximum atomic E-state index is 10.7. The molecule has 1 heterocycles. The molecule has 0 radical (unpaired) electrons. The highest BCUT2D eigenvalue weighted by atomic mass is 79.9. The van der Waals surface area contributed by atoms with Gasteiger partial charge in [0.05, 0.1) is 19.8 Å². The average Bonchev–Trinajstić information content (AvgIpc) is 2.85. The Balaban J connectivity index is 2.27. The van der Waals surface area contributed by atoms with Crippen molar-refractivity contribution in [3.63, 3.8) is 0 Å². The highest BCUT2D eigenvalue weighted by molar-refractivity contribution is 9.10. The van der Waals surface area contributed by atoms with Crippen molar-refractivity contribution >= 4 is 27.3 Å². The molecule has 2 rings (SSSR count). The van der Waals surface area contributed by atoms with Crippen LogP contribution in [0.3, 0.4) is 0 Å². The molecule has 20 heavy (non-hydrogen) atoms. The van der Waals surface area contributed by atoms with Crippen LogP contribution in [-0.4, -0.2) is 19.3 Å². The van der Waals surface area contributed by atoms with Gasteiger partial charge in [0.25, 0.3) is 0 Å². The van der Waals surface area contributed by atoms with E-state index >= 15 is 0 Å². The summed E-state index contributed by atoms with van der Waals surface area (Å²) in [5.41, 5.74) is 0.960. The van der Waals surface area contributed by atoms with Gasteiger partial charge in [-0.05, 0) is 45.9 Å². The number of hydrogen-bond acceptors (Lipinski definition) is 4. The molecule has 0 aliphatic rings. The second kappa shape index (κ2) is 6.16. The fourth-order valence-electron chi connectivity index (χ4n) is 2.15. The Kier molecular flexibility index (Phi) is 4.73. The largest absolute Gasteiger partial charge is 0.493 e. The Morgan fingerprint density at radius 3 is 2.45 bits per heavy atom. The van der Waals surface area contributed by atoms with Gasteiger partial charge in [0.1, 0.15) is 0 Å². The zero-order valence-corrected chi connectivity index (χ0v) is 14.0. The zero-order valence-electron chi connectivity index (χ0n) is 11.6. The van der Waals surface area contributed by atoms with Crippen LogP contribution < -0.4 is 9.47 Å². The number of rotatable bonds is 5. The lowest BCUT2D eigenvalue weighted by molar-refractivity contribution is 0.0573. The number of hydrogen-bond donors (Lipinski definition) is 1. The highest BCUT2D eigenvalue weighted by Crippen LogP contribution is 2.35. The summed E-state index contributed by atoms with van der Waals surface area (Å²) in [4.78, 5) is 0. The van der Waals surface area contributed by atoms with Gasteiger partial charge in [-0.15, -0.1) is 0 Å². The Labute approximate surface area is 131 Å². The first kappa shape index (κ1) is 15.4. The Bertz CT molecular complexity index is 593. The SMILES string of the molecule is COc1ccc(CC(C)(O)c2cscc2Br)cc1OC. The maximum absolute atomic E-state index is 10.7. The molecule has 108 valence electrons. The lowest BCUT2D eigenvalue weighted by Gasteiger charge is -2.24. The van der Waals surface area contributed by atoms with Crippen LogP contribution >= 0.6 is 27.3 Å². The van der Waals surface area contributed by atoms with Crippen molar-refractivity contribution in [2.75, 3.05) is 14.2 Å². The smallest absolute Gasteiger partial charge is 0.160 e.